The summed E-state index contributed by atoms with van der Waals surface area (Å²) in [4.78, 5) is 49.5. The predicted octanol–water partition coefficient (Wildman–Crippen LogP) is -0.292. The van der Waals surface area contributed by atoms with Gasteiger partial charge in [-0.05, 0) is 24.3 Å². The molecule has 0 bridgehead atoms. The van der Waals surface area contributed by atoms with Gasteiger partial charge in [0.1, 0.15) is 0 Å². The Kier molecular flexibility index (Phi) is 14.7. The van der Waals surface area contributed by atoms with Gasteiger partial charge in [0.15, 0.2) is 0 Å². The van der Waals surface area contributed by atoms with E-state index in [1.54, 1.807) is 24.3 Å². The third-order valence-electron chi connectivity index (χ3n) is 7.99. The van der Waals surface area contributed by atoms with Crippen LogP contribution in [0.25, 0.3) is 0 Å². The van der Waals surface area contributed by atoms with Gasteiger partial charge in [-0.15, -0.1) is 0 Å². The molecule has 14 nitrogen and oxygen atoms in total. The molecule has 2 aromatic carbocycles. The highest BCUT2D eigenvalue weighted by molar-refractivity contribution is 5.69. The minimum atomic E-state index is -0.394. The first-order valence-electron chi connectivity index (χ1n) is 14.2. The standard InChI is InChI=1S/C15H22N3O4.C14H19N3O4.HI/c1-18(10-7-15(19)22-2)11-8-16(9-12-18)13-3-5-14(6-4-13)17(20)21;1-21-14(18)6-7-15-8-10-16(11-9-15)12-2-4-13(5-3-12)17(19)20;/h3-6H,7-12H2,1-2H3;2-5H,6-11H2,1H3;1H/q+1;;/p-1. The molecule has 0 amide bonds. The third kappa shape index (κ3) is 11.2. The Morgan fingerprint density at radius 3 is 1.55 bits per heavy atom. The van der Waals surface area contributed by atoms with Crippen LogP contribution in [0.15, 0.2) is 48.5 Å². The number of hydrogen-bond acceptors (Lipinski definition) is 11. The maximum absolute atomic E-state index is 11.3. The number of rotatable bonds is 10. The van der Waals surface area contributed by atoms with Crippen molar-refractivity contribution in [2.45, 2.75) is 12.8 Å². The van der Waals surface area contributed by atoms with Crippen molar-refractivity contribution in [2.24, 2.45) is 0 Å². The molecule has 15 heteroatoms. The van der Waals surface area contributed by atoms with Crippen molar-refractivity contribution < 1.29 is 57.4 Å². The van der Waals surface area contributed by atoms with E-state index in [9.17, 15) is 29.8 Å². The van der Waals surface area contributed by atoms with Crippen LogP contribution >= 0.6 is 0 Å². The predicted molar refractivity (Wildman–Crippen MR) is 161 cm³/mol. The van der Waals surface area contributed by atoms with Crippen LogP contribution in [0.5, 0.6) is 0 Å². The molecule has 0 aliphatic carbocycles. The van der Waals surface area contributed by atoms with Crippen LogP contribution in [0.2, 0.25) is 0 Å². The largest absolute Gasteiger partial charge is 1.00 e. The van der Waals surface area contributed by atoms with E-state index in [-0.39, 0.29) is 52.2 Å². The van der Waals surface area contributed by atoms with Gasteiger partial charge in [0, 0.05) is 68.4 Å². The maximum Gasteiger partial charge on any atom is 0.311 e. The highest BCUT2D eigenvalue weighted by Crippen LogP contribution is 2.23. The van der Waals surface area contributed by atoms with Gasteiger partial charge in [-0.1, -0.05) is 0 Å². The molecule has 2 fully saturated rings. The van der Waals surface area contributed by atoms with Gasteiger partial charge in [-0.3, -0.25) is 34.7 Å². The molecule has 2 aliphatic heterocycles. The number of ether oxygens (including phenoxy) is 2. The van der Waals surface area contributed by atoms with Crippen LogP contribution in [0, 0.1) is 20.2 Å². The SMILES string of the molecule is COC(=O)CCN1CCN(c2ccc([N+](=O)[O-])cc2)CC1.COC(=O)CC[N+]1(C)CCN(c2ccc([N+](=O)[O-])cc2)CC1.[I-]. The number of piperazine rings is 2. The number of nitro benzene ring substituents is 2. The molecule has 2 aromatic rings. The fraction of sp³-hybridized carbons (Fsp3) is 0.517. The third-order valence-corrected chi connectivity index (χ3v) is 7.99. The summed E-state index contributed by atoms with van der Waals surface area (Å²) in [5.74, 6) is -0.357. The number of nitrogens with zero attached hydrogens (tertiary/aromatic N) is 6. The number of halogens is 1. The Morgan fingerprint density at radius 1 is 0.727 bits per heavy atom. The summed E-state index contributed by atoms with van der Waals surface area (Å²) in [6.45, 7) is 8.54. The van der Waals surface area contributed by atoms with Crippen LogP contribution in [0.3, 0.4) is 0 Å². The van der Waals surface area contributed by atoms with Gasteiger partial charge in [-0.25, -0.2) is 0 Å². The van der Waals surface area contributed by atoms with E-state index in [1.807, 2.05) is 0 Å². The number of anilines is 2. The van der Waals surface area contributed by atoms with Crippen LogP contribution in [0.1, 0.15) is 12.8 Å². The molecule has 0 N–H and O–H groups in total. The Hall–Kier alpha value is -3.57. The molecule has 242 valence electrons. The first-order valence-corrected chi connectivity index (χ1v) is 14.2. The molecular formula is C29H41IN6O8. The Balaban J connectivity index is 0.000000300. The number of hydrogen-bond donors (Lipinski definition) is 0. The summed E-state index contributed by atoms with van der Waals surface area (Å²) in [5, 5.41) is 21.3. The zero-order valence-electron chi connectivity index (χ0n) is 25.4. The average Bonchev–Trinajstić information content (AvgIpc) is 3.03. The highest BCUT2D eigenvalue weighted by atomic mass is 127. The van der Waals surface area contributed by atoms with Gasteiger partial charge in [0.05, 0.1) is 76.7 Å². The lowest BCUT2D eigenvalue weighted by Gasteiger charge is -2.42. The Morgan fingerprint density at radius 2 is 1.14 bits per heavy atom. The van der Waals surface area contributed by atoms with Crippen LogP contribution in [-0.4, -0.2) is 118 Å². The molecule has 0 unspecified atom stereocenters. The Bertz CT molecular complexity index is 1230. The lowest BCUT2D eigenvalue weighted by Crippen LogP contribution is -3.00. The van der Waals surface area contributed by atoms with Crippen LogP contribution < -0.4 is 33.8 Å². The number of carbonyl (C=O) groups is 2. The summed E-state index contributed by atoms with van der Waals surface area (Å²) >= 11 is 0. The van der Waals surface area contributed by atoms with E-state index < -0.39 is 4.92 Å². The fourth-order valence-electron chi connectivity index (χ4n) is 5.04. The van der Waals surface area contributed by atoms with Gasteiger partial charge in [0.25, 0.3) is 11.4 Å². The fourth-order valence-corrected chi connectivity index (χ4v) is 5.04. The van der Waals surface area contributed by atoms with Crippen molar-refractivity contribution in [3.8, 4) is 0 Å². The minimum Gasteiger partial charge on any atom is -1.00 e. The molecule has 4 rings (SSSR count). The molecule has 0 atom stereocenters. The van der Waals surface area contributed by atoms with Gasteiger partial charge >= 0.3 is 11.9 Å². The van der Waals surface area contributed by atoms with E-state index in [0.717, 1.165) is 74.8 Å². The molecule has 44 heavy (non-hydrogen) atoms. The number of carbonyl (C=O) groups excluding carboxylic acids is 2. The minimum absolute atomic E-state index is 0. The van der Waals surface area contributed by atoms with Crippen molar-refractivity contribution in [3.63, 3.8) is 0 Å². The summed E-state index contributed by atoms with van der Waals surface area (Å²) < 4.78 is 10.2. The number of quaternary nitrogens is 1. The number of likely N-dealkylation sites (N-methyl/N-ethyl adjacent to an activating group) is 1. The zero-order valence-corrected chi connectivity index (χ0v) is 27.6. The number of benzene rings is 2. The smallest absolute Gasteiger partial charge is 0.311 e. The van der Waals surface area contributed by atoms with Crippen molar-refractivity contribution >= 4 is 34.7 Å². The topological polar surface area (TPSA) is 149 Å². The van der Waals surface area contributed by atoms with E-state index in [4.69, 9.17) is 4.74 Å². The van der Waals surface area contributed by atoms with E-state index >= 15 is 0 Å². The number of non-ortho nitro benzene ring substituents is 2. The monoisotopic (exact) mass is 728 g/mol. The molecule has 2 aliphatic rings. The van der Waals surface area contributed by atoms with E-state index in [2.05, 4.69) is 26.5 Å². The summed E-state index contributed by atoms with van der Waals surface area (Å²) in [6, 6.07) is 13.3. The summed E-state index contributed by atoms with van der Waals surface area (Å²) in [7, 11) is 4.96. The number of methoxy groups -OCH3 is 2. The van der Waals surface area contributed by atoms with Crippen LogP contribution in [-0.2, 0) is 19.1 Å². The van der Waals surface area contributed by atoms with Crippen molar-refractivity contribution in [2.75, 3.05) is 96.5 Å². The second-order valence-electron chi connectivity index (χ2n) is 10.8. The van der Waals surface area contributed by atoms with Crippen LogP contribution in [0.4, 0.5) is 22.7 Å². The maximum atomic E-state index is 11.3. The lowest BCUT2D eigenvalue weighted by molar-refractivity contribution is -0.909. The zero-order chi connectivity index (χ0) is 31.4. The molecule has 0 saturated carbocycles. The average molecular weight is 729 g/mol. The van der Waals surface area contributed by atoms with Gasteiger partial charge in [0.2, 0.25) is 0 Å². The van der Waals surface area contributed by atoms with Gasteiger partial charge in [-0.2, -0.15) is 0 Å². The second-order valence-corrected chi connectivity index (χ2v) is 10.8. The van der Waals surface area contributed by atoms with Crippen molar-refractivity contribution in [3.05, 3.63) is 68.8 Å². The quantitative estimate of drug-likeness (QED) is 0.105. The molecule has 2 saturated heterocycles. The lowest BCUT2D eigenvalue weighted by atomic mass is 10.2. The first-order chi connectivity index (χ1) is 20.5. The van der Waals surface area contributed by atoms with Crippen molar-refractivity contribution in [1.82, 2.24) is 4.90 Å². The number of nitro groups is 2. The van der Waals surface area contributed by atoms with E-state index in [0.29, 0.717) is 19.4 Å². The highest BCUT2D eigenvalue weighted by Gasteiger charge is 2.29. The number of esters is 2. The normalized spacial score (nSPS) is 16.1. The molecule has 0 radical (unpaired) electrons. The molecule has 2 heterocycles. The van der Waals surface area contributed by atoms with Gasteiger partial charge < -0.3 is 47.7 Å². The van der Waals surface area contributed by atoms with E-state index in [1.165, 1.54) is 38.5 Å². The summed E-state index contributed by atoms with van der Waals surface area (Å²) in [6.07, 6.45) is 0.846. The molecule has 0 spiro atoms. The second kappa shape index (κ2) is 17.7. The Labute approximate surface area is 274 Å². The molecular weight excluding hydrogens is 687 g/mol. The first kappa shape index (κ1) is 36.6. The molecule has 0 aromatic heterocycles. The summed E-state index contributed by atoms with van der Waals surface area (Å²) in [5.41, 5.74) is 2.22. The van der Waals surface area contributed by atoms with Crippen molar-refractivity contribution in [1.29, 1.82) is 0 Å².